The minimum atomic E-state index is -0.246. The van der Waals surface area contributed by atoms with Gasteiger partial charge in [-0.15, -0.1) is 0 Å². The van der Waals surface area contributed by atoms with Crippen LogP contribution in [0.25, 0.3) is 0 Å². The largest absolute Gasteiger partial charge is 0.375 e. The summed E-state index contributed by atoms with van der Waals surface area (Å²) in [4.78, 5) is 13.2. The Morgan fingerprint density at radius 2 is 2.14 bits per heavy atom. The van der Waals surface area contributed by atoms with Crippen LogP contribution in [0.1, 0.15) is 19.8 Å². The smallest absolute Gasteiger partial charge is 0.248 e. The van der Waals surface area contributed by atoms with E-state index in [1.807, 2.05) is 6.92 Å². The SMILES string of the molecule is COCC(=O)N1CCC(C)(C#N)CC1. The van der Waals surface area contributed by atoms with E-state index in [2.05, 4.69) is 6.07 Å². The summed E-state index contributed by atoms with van der Waals surface area (Å²) >= 11 is 0. The second kappa shape index (κ2) is 4.43. The van der Waals surface area contributed by atoms with Crippen molar-refractivity contribution in [3.05, 3.63) is 0 Å². The molecule has 4 heteroatoms. The topological polar surface area (TPSA) is 53.3 Å². The number of piperidine rings is 1. The summed E-state index contributed by atoms with van der Waals surface area (Å²) in [6.07, 6.45) is 1.53. The van der Waals surface area contributed by atoms with E-state index in [-0.39, 0.29) is 17.9 Å². The highest BCUT2D eigenvalue weighted by Gasteiger charge is 2.31. The van der Waals surface area contributed by atoms with Crippen molar-refractivity contribution in [1.29, 1.82) is 5.26 Å². The molecule has 0 aromatic carbocycles. The number of hydrogen-bond donors (Lipinski definition) is 0. The monoisotopic (exact) mass is 196 g/mol. The lowest BCUT2D eigenvalue weighted by Gasteiger charge is -2.34. The molecular weight excluding hydrogens is 180 g/mol. The molecule has 1 aliphatic rings. The number of nitrogens with zero attached hydrogens (tertiary/aromatic N) is 2. The van der Waals surface area contributed by atoms with Gasteiger partial charge >= 0.3 is 0 Å². The van der Waals surface area contributed by atoms with Gasteiger partial charge in [0.2, 0.25) is 5.91 Å². The Morgan fingerprint density at radius 3 is 2.57 bits per heavy atom. The molecule has 0 aromatic heterocycles. The van der Waals surface area contributed by atoms with Crippen molar-refractivity contribution in [2.45, 2.75) is 19.8 Å². The highest BCUT2D eigenvalue weighted by atomic mass is 16.5. The van der Waals surface area contributed by atoms with Crippen LogP contribution >= 0.6 is 0 Å². The Balaban J connectivity index is 2.44. The maximum absolute atomic E-state index is 11.4. The normalized spacial score (nSPS) is 20.2. The van der Waals surface area contributed by atoms with Crippen molar-refractivity contribution in [3.8, 4) is 6.07 Å². The second-order valence-electron chi connectivity index (χ2n) is 3.99. The molecule has 0 spiro atoms. The van der Waals surface area contributed by atoms with Gasteiger partial charge in [-0.25, -0.2) is 0 Å². The summed E-state index contributed by atoms with van der Waals surface area (Å²) in [5.41, 5.74) is -0.246. The molecule has 1 amide bonds. The van der Waals surface area contributed by atoms with Gasteiger partial charge in [0.1, 0.15) is 6.61 Å². The summed E-state index contributed by atoms with van der Waals surface area (Å²) in [7, 11) is 1.52. The van der Waals surface area contributed by atoms with Crippen molar-refractivity contribution in [2.24, 2.45) is 5.41 Å². The van der Waals surface area contributed by atoms with E-state index in [0.717, 1.165) is 12.8 Å². The third kappa shape index (κ3) is 2.46. The van der Waals surface area contributed by atoms with E-state index in [1.165, 1.54) is 7.11 Å². The van der Waals surface area contributed by atoms with E-state index < -0.39 is 0 Å². The van der Waals surface area contributed by atoms with Gasteiger partial charge in [0.15, 0.2) is 0 Å². The standard InChI is InChI=1S/C10H16N2O2/c1-10(8-11)3-5-12(6-4-10)9(13)7-14-2/h3-7H2,1-2H3. The van der Waals surface area contributed by atoms with Crippen molar-refractivity contribution in [1.82, 2.24) is 4.90 Å². The molecule has 0 N–H and O–H groups in total. The van der Waals surface area contributed by atoms with Crippen LogP contribution in [0.4, 0.5) is 0 Å². The molecule has 0 bridgehead atoms. The number of nitriles is 1. The zero-order chi connectivity index (χ0) is 10.6. The molecule has 78 valence electrons. The first-order valence-electron chi connectivity index (χ1n) is 4.79. The van der Waals surface area contributed by atoms with Crippen molar-refractivity contribution >= 4 is 5.91 Å². The van der Waals surface area contributed by atoms with E-state index in [4.69, 9.17) is 10.00 Å². The molecule has 0 aromatic rings. The van der Waals surface area contributed by atoms with Gasteiger partial charge in [0, 0.05) is 20.2 Å². The molecule has 1 fully saturated rings. The number of carbonyl (C=O) groups is 1. The van der Waals surface area contributed by atoms with Crippen LogP contribution in [0.3, 0.4) is 0 Å². The summed E-state index contributed by atoms with van der Waals surface area (Å²) < 4.78 is 4.78. The Kier molecular flexibility index (Phi) is 3.48. The molecule has 1 saturated heterocycles. The second-order valence-corrected chi connectivity index (χ2v) is 3.99. The van der Waals surface area contributed by atoms with Gasteiger partial charge < -0.3 is 9.64 Å². The molecule has 14 heavy (non-hydrogen) atoms. The van der Waals surface area contributed by atoms with Crippen LogP contribution in [0.5, 0.6) is 0 Å². The van der Waals surface area contributed by atoms with Gasteiger partial charge in [-0.3, -0.25) is 4.79 Å². The van der Waals surface area contributed by atoms with Crippen LogP contribution in [0.2, 0.25) is 0 Å². The lowest BCUT2D eigenvalue weighted by atomic mass is 9.82. The summed E-state index contributed by atoms with van der Waals surface area (Å²) in [5.74, 6) is 0.0208. The number of likely N-dealkylation sites (tertiary alicyclic amines) is 1. The number of methoxy groups -OCH3 is 1. The lowest BCUT2D eigenvalue weighted by molar-refractivity contribution is -0.136. The van der Waals surface area contributed by atoms with Crippen molar-refractivity contribution < 1.29 is 9.53 Å². The number of amides is 1. The zero-order valence-corrected chi connectivity index (χ0v) is 8.75. The molecule has 1 heterocycles. The molecule has 0 saturated carbocycles. The lowest BCUT2D eigenvalue weighted by Crippen LogP contribution is -2.43. The first-order chi connectivity index (χ1) is 6.61. The number of carbonyl (C=O) groups excluding carboxylic acids is 1. The quantitative estimate of drug-likeness (QED) is 0.656. The Labute approximate surface area is 84.4 Å². The summed E-state index contributed by atoms with van der Waals surface area (Å²) in [6.45, 7) is 3.44. The fourth-order valence-electron chi connectivity index (χ4n) is 1.58. The molecule has 0 atom stereocenters. The highest BCUT2D eigenvalue weighted by Crippen LogP contribution is 2.29. The molecule has 1 aliphatic heterocycles. The van der Waals surface area contributed by atoms with Gasteiger partial charge in [-0.2, -0.15) is 5.26 Å². The van der Waals surface area contributed by atoms with E-state index in [9.17, 15) is 4.79 Å². The predicted octanol–water partition coefficient (Wildman–Crippen LogP) is 0.785. The number of hydrogen-bond acceptors (Lipinski definition) is 3. The van der Waals surface area contributed by atoms with E-state index in [0.29, 0.717) is 13.1 Å². The third-order valence-electron chi connectivity index (χ3n) is 2.76. The molecule has 0 unspecified atom stereocenters. The Hall–Kier alpha value is -1.08. The van der Waals surface area contributed by atoms with Crippen LogP contribution in [0.15, 0.2) is 0 Å². The summed E-state index contributed by atoms with van der Waals surface area (Å²) in [5, 5.41) is 8.90. The highest BCUT2D eigenvalue weighted by molar-refractivity contribution is 5.77. The predicted molar refractivity (Wildman–Crippen MR) is 51.4 cm³/mol. The average molecular weight is 196 g/mol. The van der Waals surface area contributed by atoms with Gasteiger partial charge in [-0.05, 0) is 19.8 Å². The van der Waals surface area contributed by atoms with Crippen LogP contribution in [-0.4, -0.2) is 37.6 Å². The maximum Gasteiger partial charge on any atom is 0.248 e. The molecule has 1 rings (SSSR count). The Bertz CT molecular complexity index is 249. The molecule has 0 aliphatic carbocycles. The van der Waals surface area contributed by atoms with Gasteiger partial charge in [-0.1, -0.05) is 0 Å². The van der Waals surface area contributed by atoms with Crippen molar-refractivity contribution in [2.75, 3.05) is 26.8 Å². The fraction of sp³-hybridized carbons (Fsp3) is 0.800. The average Bonchev–Trinajstić information content (AvgIpc) is 2.19. The molecule has 0 radical (unpaired) electrons. The zero-order valence-electron chi connectivity index (χ0n) is 8.75. The first kappa shape index (κ1) is 11.0. The summed E-state index contributed by atoms with van der Waals surface area (Å²) in [6, 6.07) is 2.30. The maximum atomic E-state index is 11.4. The minimum absolute atomic E-state index is 0.0208. The minimum Gasteiger partial charge on any atom is -0.375 e. The fourth-order valence-corrected chi connectivity index (χ4v) is 1.58. The molecule has 4 nitrogen and oxygen atoms in total. The first-order valence-corrected chi connectivity index (χ1v) is 4.79. The van der Waals surface area contributed by atoms with Crippen LogP contribution in [0, 0.1) is 16.7 Å². The van der Waals surface area contributed by atoms with Crippen LogP contribution in [-0.2, 0) is 9.53 Å². The van der Waals surface area contributed by atoms with Gasteiger partial charge in [0.25, 0.3) is 0 Å². The third-order valence-corrected chi connectivity index (χ3v) is 2.76. The van der Waals surface area contributed by atoms with Crippen molar-refractivity contribution in [3.63, 3.8) is 0 Å². The van der Waals surface area contributed by atoms with Gasteiger partial charge in [0.05, 0.1) is 11.5 Å². The molecular formula is C10H16N2O2. The number of ether oxygens (including phenoxy) is 1. The van der Waals surface area contributed by atoms with E-state index >= 15 is 0 Å². The Morgan fingerprint density at radius 1 is 1.57 bits per heavy atom. The van der Waals surface area contributed by atoms with E-state index in [1.54, 1.807) is 4.90 Å². The number of rotatable bonds is 2. The van der Waals surface area contributed by atoms with Crippen LogP contribution < -0.4 is 0 Å².